The Bertz CT molecular complexity index is 739. The molecule has 108 valence electrons. The van der Waals surface area contributed by atoms with E-state index in [0.29, 0.717) is 27.7 Å². The van der Waals surface area contributed by atoms with E-state index in [2.05, 4.69) is 10.6 Å². The number of benzene rings is 1. The minimum absolute atomic E-state index is 0.0352. The molecule has 0 aliphatic carbocycles. The molecule has 0 fully saturated rings. The number of fused-ring (bicyclic) bond motifs is 1. The van der Waals surface area contributed by atoms with Crippen molar-refractivity contribution in [1.82, 2.24) is 0 Å². The molecule has 1 aromatic heterocycles. The molecule has 0 atom stereocenters. The van der Waals surface area contributed by atoms with Gasteiger partial charge in [-0.2, -0.15) is 0 Å². The maximum Gasteiger partial charge on any atom is 0.266 e. The van der Waals surface area contributed by atoms with Crippen molar-refractivity contribution in [2.45, 2.75) is 6.92 Å². The highest BCUT2D eigenvalue weighted by atomic mass is 32.1. The number of nitrogen functional groups attached to an aromatic ring is 1. The number of ether oxygens (including phenoxy) is 1. The molecule has 0 radical (unpaired) electrons. The van der Waals surface area contributed by atoms with Crippen LogP contribution in [0.1, 0.15) is 15.2 Å². The summed E-state index contributed by atoms with van der Waals surface area (Å²) in [6.45, 7) is 1.84. The normalized spacial score (nSPS) is 13.1. The molecule has 1 aliphatic heterocycles. The van der Waals surface area contributed by atoms with Crippen molar-refractivity contribution in [3.63, 3.8) is 0 Å². The lowest BCUT2D eigenvalue weighted by atomic mass is 10.2. The highest BCUT2D eigenvalue weighted by Crippen LogP contribution is 2.35. The lowest BCUT2D eigenvalue weighted by molar-refractivity contribution is -0.118. The van der Waals surface area contributed by atoms with Crippen molar-refractivity contribution >= 4 is 40.2 Å². The lowest BCUT2D eigenvalue weighted by Gasteiger charge is -2.20. The van der Waals surface area contributed by atoms with Crippen molar-refractivity contribution < 1.29 is 14.3 Å². The summed E-state index contributed by atoms with van der Waals surface area (Å²) < 4.78 is 5.27. The maximum absolute atomic E-state index is 12.2. The van der Waals surface area contributed by atoms with Crippen molar-refractivity contribution in [3.05, 3.63) is 34.0 Å². The number of nitrogens with two attached hydrogens (primary N) is 1. The number of amides is 2. The first-order chi connectivity index (χ1) is 10.0. The van der Waals surface area contributed by atoms with E-state index >= 15 is 0 Å². The van der Waals surface area contributed by atoms with Crippen LogP contribution < -0.4 is 21.1 Å². The van der Waals surface area contributed by atoms with Crippen molar-refractivity contribution in [2.75, 3.05) is 23.0 Å². The summed E-state index contributed by atoms with van der Waals surface area (Å²) in [7, 11) is 0. The predicted molar refractivity (Wildman–Crippen MR) is 82.0 cm³/mol. The zero-order valence-corrected chi connectivity index (χ0v) is 12.0. The topological polar surface area (TPSA) is 93.5 Å². The largest absolute Gasteiger partial charge is 0.482 e. The molecule has 1 aliphatic rings. The Hall–Kier alpha value is -2.54. The van der Waals surface area contributed by atoms with Gasteiger partial charge in [0.1, 0.15) is 5.75 Å². The molecule has 7 heteroatoms. The summed E-state index contributed by atoms with van der Waals surface area (Å²) in [5.74, 6) is 0.0354. The molecule has 2 heterocycles. The Balaban J connectivity index is 1.89. The van der Waals surface area contributed by atoms with Gasteiger partial charge in [-0.05, 0) is 30.0 Å². The average molecular weight is 303 g/mol. The minimum Gasteiger partial charge on any atom is -0.482 e. The second-order valence-corrected chi connectivity index (χ2v) is 5.58. The molecule has 0 spiro atoms. The zero-order chi connectivity index (χ0) is 15.0. The van der Waals surface area contributed by atoms with Gasteiger partial charge in [0.2, 0.25) is 0 Å². The fraction of sp³-hybridized carbons (Fsp3) is 0.143. The molecule has 4 N–H and O–H groups in total. The zero-order valence-electron chi connectivity index (χ0n) is 11.2. The SMILES string of the molecule is Cc1ccsc1C(=O)Nc1cc2c(cc1N)OCC(=O)N2. The molecule has 0 saturated heterocycles. The average Bonchev–Trinajstić information content (AvgIpc) is 2.86. The number of aryl methyl sites for hydroxylation is 1. The summed E-state index contributed by atoms with van der Waals surface area (Å²) in [6, 6.07) is 5.07. The van der Waals surface area contributed by atoms with Crippen LogP contribution >= 0.6 is 11.3 Å². The number of hydrogen-bond acceptors (Lipinski definition) is 5. The second-order valence-electron chi connectivity index (χ2n) is 4.66. The van der Waals surface area contributed by atoms with Crippen LogP contribution in [0.15, 0.2) is 23.6 Å². The van der Waals surface area contributed by atoms with Gasteiger partial charge >= 0.3 is 0 Å². The van der Waals surface area contributed by atoms with Gasteiger partial charge in [-0.1, -0.05) is 0 Å². The molecule has 1 aromatic carbocycles. The smallest absolute Gasteiger partial charge is 0.266 e. The number of anilines is 3. The summed E-state index contributed by atoms with van der Waals surface area (Å²) in [6.07, 6.45) is 0. The Morgan fingerprint density at radius 3 is 3.00 bits per heavy atom. The predicted octanol–water partition coefficient (Wildman–Crippen LogP) is 2.22. The number of rotatable bonds is 2. The van der Waals surface area contributed by atoms with Crippen LogP contribution in [0, 0.1) is 6.92 Å². The Morgan fingerprint density at radius 2 is 2.29 bits per heavy atom. The molecule has 3 rings (SSSR count). The van der Waals surface area contributed by atoms with Gasteiger partial charge in [-0.3, -0.25) is 9.59 Å². The van der Waals surface area contributed by atoms with E-state index in [1.54, 1.807) is 12.1 Å². The Kier molecular flexibility index (Phi) is 3.26. The first-order valence-corrected chi connectivity index (χ1v) is 7.14. The second kappa shape index (κ2) is 5.10. The van der Waals surface area contributed by atoms with Crippen molar-refractivity contribution in [1.29, 1.82) is 0 Å². The van der Waals surface area contributed by atoms with Crippen LogP contribution in [-0.4, -0.2) is 18.4 Å². The molecule has 21 heavy (non-hydrogen) atoms. The van der Waals surface area contributed by atoms with Gasteiger partial charge in [0.25, 0.3) is 11.8 Å². The van der Waals surface area contributed by atoms with Gasteiger partial charge in [-0.25, -0.2) is 0 Å². The van der Waals surface area contributed by atoms with Crippen LogP contribution in [0.5, 0.6) is 5.75 Å². The molecular weight excluding hydrogens is 290 g/mol. The summed E-state index contributed by atoms with van der Waals surface area (Å²) in [5, 5.41) is 7.29. The third-order valence-corrected chi connectivity index (χ3v) is 4.12. The van der Waals surface area contributed by atoms with E-state index in [-0.39, 0.29) is 18.4 Å². The summed E-state index contributed by atoms with van der Waals surface area (Å²) in [5.41, 5.74) is 8.15. The molecule has 6 nitrogen and oxygen atoms in total. The van der Waals surface area contributed by atoms with Gasteiger partial charge < -0.3 is 21.1 Å². The van der Waals surface area contributed by atoms with Crippen LogP contribution in [0.3, 0.4) is 0 Å². The number of hydrogen-bond donors (Lipinski definition) is 3. The molecule has 0 unspecified atom stereocenters. The standard InChI is InChI=1S/C14H13N3O3S/c1-7-2-3-21-13(7)14(19)17-9-5-10-11(4-8(9)15)20-6-12(18)16-10/h2-5H,6,15H2,1H3,(H,16,18)(H,17,19). The van der Waals surface area contributed by atoms with Crippen LogP contribution in [0.2, 0.25) is 0 Å². The quantitative estimate of drug-likeness (QED) is 0.742. The number of thiophene rings is 1. The van der Waals surface area contributed by atoms with E-state index in [9.17, 15) is 9.59 Å². The van der Waals surface area contributed by atoms with Gasteiger partial charge in [0.05, 0.1) is 21.9 Å². The number of carbonyl (C=O) groups excluding carboxylic acids is 2. The first kappa shape index (κ1) is 13.4. The van der Waals surface area contributed by atoms with E-state index < -0.39 is 0 Å². The van der Waals surface area contributed by atoms with E-state index in [1.165, 1.54) is 11.3 Å². The molecule has 2 aromatic rings. The highest BCUT2D eigenvalue weighted by molar-refractivity contribution is 7.12. The fourth-order valence-electron chi connectivity index (χ4n) is 2.03. The number of nitrogens with one attached hydrogen (secondary N) is 2. The monoisotopic (exact) mass is 303 g/mol. The Morgan fingerprint density at radius 1 is 1.48 bits per heavy atom. The van der Waals surface area contributed by atoms with Crippen LogP contribution in [0.4, 0.5) is 17.1 Å². The van der Waals surface area contributed by atoms with E-state index in [1.807, 2.05) is 18.4 Å². The Labute approximate surface area is 124 Å². The van der Waals surface area contributed by atoms with Gasteiger partial charge in [-0.15, -0.1) is 11.3 Å². The molecule has 0 saturated carbocycles. The lowest BCUT2D eigenvalue weighted by Crippen LogP contribution is -2.25. The van der Waals surface area contributed by atoms with Crippen LogP contribution in [0.25, 0.3) is 0 Å². The molecule has 2 amide bonds. The third kappa shape index (κ3) is 2.55. The summed E-state index contributed by atoms with van der Waals surface area (Å²) in [4.78, 5) is 24.2. The fourth-order valence-corrected chi connectivity index (χ4v) is 2.86. The maximum atomic E-state index is 12.2. The van der Waals surface area contributed by atoms with Gasteiger partial charge in [0, 0.05) is 6.07 Å². The summed E-state index contributed by atoms with van der Waals surface area (Å²) >= 11 is 1.36. The first-order valence-electron chi connectivity index (χ1n) is 6.26. The minimum atomic E-state index is -0.237. The van der Waals surface area contributed by atoms with E-state index in [4.69, 9.17) is 10.5 Å². The number of carbonyl (C=O) groups is 2. The van der Waals surface area contributed by atoms with Crippen molar-refractivity contribution in [2.24, 2.45) is 0 Å². The highest BCUT2D eigenvalue weighted by Gasteiger charge is 2.19. The third-order valence-electron chi connectivity index (χ3n) is 3.10. The van der Waals surface area contributed by atoms with Crippen LogP contribution in [-0.2, 0) is 4.79 Å². The molecular formula is C14H13N3O3S. The van der Waals surface area contributed by atoms with Gasteiger partial charge in [0.15, 0.2) is 6.61 Å². The molecule has 0 bridgehead atoms. The van der Waals surface area contributed by atoms with Crippen molar-refractivity contribution in [3.8, 4) is 5.75 Å². The van der Waals surface area contributed by atoms with E-state index in [0.717, 1.165) is 5.56 Å².